The second-order valence-electron chi connectivity index (χ2n) is 10.9. The molecule has 0 aliphatic carbocycles. The van der Waals surface area contributed by atoms with Crippen molar-refractivity contribution in [2.45, 2.75) is 51.4 Å². The molecule has 0 spiro atoms. The van der Waals surface area contributed by atoms with Gasteiger partial charge in [0.05, 0.1) is 16.6 Å². The standard InChI is InChI=1S/C30H31ClF3N5O4/c1-29(2,3)39(28(41)42)21-7-5-15-38(18-21)27-35-14-13-26(37-27)43-22-8-4-6-19(16-22)9-12-25(40)36-20-10-11-24(31)23(17-20)30(32,33)34/h4,6,8-14,16-17,21H,5,7,15,18H2,1-3H3,(H,36,40)(H,41,42)/b12-9+. The maximum atomic E-state index is 13.1. The van der Waals surface area contributed by atoms with E-state index in [9.17, 15) is 27.9 Å². The number of carbonyl (C=O) groups excluding carboxylic acids is 1. The lowest BCUT2D eigenvalue weighted by atomic mass is 9.98. The van der Waals surface area contributed by atoms with Crippen molar-refractivity contribution in [3.8, 4) is 11.6 Å². The van der Waals surface area contributed by atoms with Gasteiger partial charge in [-0.25, -0.2) is 9.78 Å². The maximum Gasteiger partial charge on any atom is 0.417 e. The van der Waals surface area contributed by atoms with Crippen LogP contribution >= 0.6 is 11.6 Å². The van der Waals surface area contributed by atoms with E-state index in [1.165, 1.54) is 23.1 Å². The third-order valence-corrected chi connectivity index (χ3v) is 6.97. The largest absolute Gasteiger partial charge is 0.465 e. The van der Waals surface area contributed by atoms with E-state index in [0.29, 0.717) is 30.4 Å². The van der Waals surface area contributed by atoms with Crippen molar-refractivity contribution in [1.29, 1.82) is 0 Å². The number of hydrogen-bond acceptors (Lipinski definition) is 6. The van der Waals surface area contributed by atoms with Gasteiger partial charge in [-0.05, 0) is 75.6 Å². The predicted molar refractivity (Wildman–Crippen MR) is 158 cm³/mol. The van der Waals surface area contributed by atoms with Crippen LogP contribution in [0, 0.1) is 0 Å². The zero-order chi connectivity index (χ0) is 31.4. The zero-order valence-electron chi connectivity index (χ0n) is 23.7. The van der Waals surface area contributed by atoms with Gasteiger partial charge in [0.2, 0.25) is 17.7 Å². The number of hydrogen-bond donors (Lipinski definition) is 2. The van der Waals surface area contributed by atoms with Crippen LogP contribution in [0.2, 0.25) is 5.02 Å². The van der Waals surface area contributed by atoms with E-state index in [0.717, 1.165) is 25.0 Å². The first kappa shape index (κ1) is 31.6. The molecule has 3 aromatic rings. The van der Waals surface area contributed by atoms with Crippen molar-refractivity contribution >= 4 is 41.3 Å². The van der Waals surface area contributed by atoms with E-state index < -0.39 is 34.3 Å². The van der Waals surface area contributed by atoms with Crippen molar-refractivity contribution in [1.82, 2.24) is 14.9 Å². The molecule has 2 N–H and O–H groups in total. The molecule has 1 aliphatic heterocycles. The fourth-order valence-electron chi connectivity index (χ4n) is 4.86. The first-order valence-electron chi connectivity index (χ1n) is 13.4. The quantitative estimate of drug-likeness (QED) is 0.267. The number of carbonyl (C=O) groups is 2. The predicted octanol–water partition coefficient (Wildman–Crippen LogP) is 7.34. The van der Waals surface area contributed by atoms with Crippen LogP contribution in [-0.2, 0) is 11.0 Å². The summed E-state index contributed by atoms with van der Waals surface area (Å²) in [7, 11) is 0. The number of nitrogens with zero attached hydrogens (tertiary/aromatic N) is 4. The summed E-state index contributed by atoms with van der Waals surface area (Å²) in [6, 6.07) is 11.3. The van der Waals surface area contributed by atoms with E-state index in [1.807, 2.05) is 25.7 Å². The number of nitrogens with one attached hydrogen (secondary N) is 1. The normalized spacial score (nSPS) is 15.8. The Morgan fingerprint density at radius 3 is 2.63 bits per heavy atom. The summed E-state index contributed by atoms with van der Waals surface area (Å²) in [5.74, 6) is 0.501. The molecule has 2 heterocycles. The van der Waals surface area contributed by atoms with Crippen LogP contribution in [-0.4, -0.2) is 56.6 Å². The van der Waals surface area contributed by atoms with Crippen LogP contribution < -0.4 is 15.0 Å². The second-order valence-corrected chi connectivity index (χ2v) is 11.4. The van der Waals surface area contributed by atoms with Crippen LogP contribution in [0.1, 0.15) is 44.7 Å². The Kier molecular flexibility index (Phi) is 9.49. The molecule has 4 rings (SSSR count). The molecule has 0 radical (unpaired) electrons. The highest BCUT2D eigenvalue weighted by atomic mass is 35.5. The number of benzene rings is 2. The van der Waals surface area contributed by atoms with E-state index in [-0.39, 0.29) is 17.6 Å². The van der Waals surface area contributed by atoms with E-state index in [4.69, 9.17) is 16.3 Å². The Hall–Kier alpha value is -4.32. The third-order valence-electron chi connectivity index (χ3n) is 6.64. The number of amides is 2. The summed E-state index contributed by atoms with van der Waals surface area (Å²) in [5.41, 5.74) is -1.04. The van der Waals surface area contributed by atoms with Gasteiger partial charge in [-0.3, -0.25) is 9.69 Å². The van der Waals surface area contributed by atoms with Gasteiger partial charge in [0.25, 0.3) is 0 Å². The fourth-order valence-corrected chi connectivity index (χ4v) is 5.08. The molecule has 1 unspecified atom stereocenters. The molecule has 9 nitrogen and oxygen atoms in total. The van der Waals surface area contributed by atoms with Gasteiger partial charge >= 0.3 is 12.3 Å². The van der Waals surface area contributed by atoms with Crippen molar-refractivity contribution in [3.05, 3.63) is 77.0 Å². The Balaban J connectivity index is 1.42. The number of anilines is 2. The molecule has 2 aromatic carbocycles. The number of piperidine rings is 1. The van der Waals surface area contributed by atoms with Gasteiger partial charge in [0.1, 0.15) is 5.75 Å². The van der Waals surface area contributed by atoms with Crippen LogP contribution in [0.4, 0.5) is 29.6 Å². The Labute approximate surface area is 251 Å². The third kappa shape index (κ3) is 8.38. The molecule has 0 saturated carbocycles. The van der Waals surface area contributed by atoms with E-state index in [1.54, 1.807) is 36.5 Å². The van der Waals surface area contributed by atoms with Crippen LogP contribution in [0.15, 0.2) is 60.8 Å². The first-order valence-corrected chi connectivity index (χ1v) is 13.8. The number of aromatic nitrogens is 2. The number of halogens is 4. The van der Waals surface area contributed by atoms with E-state index in [2.05, 4.69) is 15.3 Å². The van der Waals surface area contributed by atoms with Crippen molar-refractivity contribution in [2.24, 2.45) is 0 Å². The molecule has 2 amide bonds. The molecule has 1 atom stereocenters. The van der Waals surface area contributed by atoms with Crippen LogP contribution in [0.3, 0.4) is 0 Å². The highest BCUT2D eigenvalue weighted by Gasteiger charge is 2.36. The van der Waals surface area contributed by atoms with Gasteiger partial charge in [-0.1, -0.05) is 23.7 Å². The van der Waals surface area contributed by atoms with Gasteiger partial charge in [-0.2, -0.15) is 18.2 Å². The number of carboxylic acid groups (broad SMARTS) is 1. The Bertz CT molecular complexity index is 1510. The molecule has 43 heavy (non-hydrogen) atoms. The highest BCUT2D eigenvalue weighted by Crippen LogP contribution is 2.36. The second kappa shape index (κ2) is 12.9. The van der Waals surface area contributed by atoms with Gasteiger partial charge in [-0.15, -0.1) is 0 Å². The molecule has 0 bridgehead atoms. The summed E-state index contributed by atoms with van der Waals surface area (Å²) in [5, 5.41) is 11.8. The zero-order valence-corrected chi connectivity index (χ0v) is 24.5. The number of ether oxygens (including phenoxy) is 1. The molecule has 13 heteroatoms. The molecule has 1 aliphatic rings. The minimum Gasteiger partial charge on any atom is -0.465 e. The fraction of sp³-hybridized carbons (Fsp3) is 0.333. The summed E-state index contributed by atoms with van der Waals surface area (Å²) < 4.78 is 45.2. The smallest absolute Gasteiger partial charge is 0.417 e. The highest BCUT2D eigenvalue weighted by molar-refractivity contribution is 6.31. The summed E-state index contributed by atoms with van der Waals surface area (Å²) >= 11 is 5.63. The monoisotopic (exact) mass is 617 g/mol. The van der Waals surface area contributed by atoms with Gasteiger partial charge < -0.3 is 20.1 Å². The SMILES string of the molecule is CC(C)(C)N(C(=O)O)C1CCCN(c2nccc(Oc3cccc(/C=C/C(=O)Nc4ccc(Cl)c(C(F)(F)F)c4)c3)n2)C1. The molecular formula is C30H31ClF3N5O4. The molecule has 1 fully saturated rings. The minimum atomic E-state index is -4.65. The summed E-state index contributed by atoms with van der Waals surface area (Å²) in [6.07, 6.45) is 0.146. The van der Waals surface area contributed by atoms with Crippen LogP contribution in [0.5, 0.6) is 11.6 Å². The molecule has 1 saturated heterocycles. The molecular weight excluding hydrogens is 587 g/mol. The lowest BCUT2D eigenvalue weighted by Crippen LogP contribution is -2.57. The van der Waals surface area contributed by atoms with Crippen molar-refractivity contribution < 1.29 is 32.6 Å². The Morgan fingerprint density at radius 1 is 1.16 bits per heavy atom. The average Bonchev–Trinajstić information content (AvgIpc) is 2.92. The van der Waals surface area contributed by atoms with Crippen molar-refractivity contribution in [2.75, 3.05) is 23.3 Å². The summed E-state index contributed by atoms with van der Waals surface area (Å²) in [4.78, 5) is 36.7. The minimum absolute atomic E-state index is 0.0443. The summed E-state index contributed by atoms with van der Waals surface area (Å²) in [6.45, 7) is 6.73. The maximum absolute atomic E-state index is 13.1. The van der Waals surface area contributed by atoms with Gasteiger partial charge in [0.15, 0.2) is 0 Å². The van der Waals surface area contributed by atoms with Crippen LogP contribution in [0.25, 0.3) is 6.08 Å². The Morgan fingerprint density at radius 2 is 1.93 bits per heavy atom. The number of alkyl halides is 3. The lowest BCUT2D eigenvalue weighted by Gasteiger charge is -2.44. The van der Waals surface area contributed by atoms with E-state index >= 15 is 0 Å². The van der Waals surface area contributed by atoms with Gasteiger partial charge in [0, 0.05) is 42.7 Å². The lowest BCUT2D eigenvalue weighted by molar-refractivity contribution is -0.137. The molecule has 228 valence electrons. The van der Waals surface area contributed by atoms with Crippen molar-refractivity contribution in [3.63, 3.8) is 0 Å². The average molecular weight is 618 g/mol. The topological polar surface area (TPSA) is 108 Å². The number of rotatable bonds is 7. The molecule has 1 aromatic heterocycles. The first-order chi connectivity index (χ1) is 20.2.